The van der Waals surface area contributed by atoms with Gasteiger partial charge in [-0.15, -0.1) is 0 Å². The number of benzene rings is 1. The third kappa shape index (κ3) is 10.6. The first-order valence-electron chi connectivity index (χ1n) is 9.91. The summed E-state index contributed by atoms with van der Waals surface area (Å²) in [7, 11) is 0. The van der Waals surface area contributed by atoms with E-state index in [0.29, 0.717) is 24.2 Å². The van der Waals surface area contributed by atoms with E-state index < -0.39 is 12.6 Å². The highest BCUT2D eigenvalue weighted by Gasteiger charge is 2.11. The van der Waals surface area contributed by atoms with Crippen LogP contribution in [-0.2, 0) is 19.5 Å². The maximum Gasteiger partial charge on any atom is 0.164 e. The van der Waals surface area contributed by atoms with Gasteiger partial charge in [0.25, 0.3) is 0 Å². The predicted molar refractivity (Wildman–Crippen MR) is 105 cm³/mol. The van der Waals surface area contributed by atoms with E-state index in [4.69, 9.17) is 20.4 Å². The fraction of sp³-hybridized carbons (Fsp3) is 0.700. The Morgan fingerprint density at radius 2 is 1.26 bits per heavy atom. The first kappa shape index (κ1) is 23.8. The van der Waals surface area contributed by atoms with Crippen LogP contribution in [0.3, 0.4) is 0 Å². The summed E-state index contributed by atoms with van der Waals surface area (Å²) >= 11 is 0. The Hall–Kier alpha value is -1.22. The minimum absolute atomic E-state index is 0.0192. The second kappa shape index (κ2) is 13.9. The number of rotatable bonds is 15. The lowest BCUT2D eigenvalue weighted by Crippen LogP contribution is -2.27. The van der Waals surface area contributed by atoms with Gasteiger partial charge in [0.15, 0.2) is 12.6 Å². The molecule has 27 heavy (non-hydrogen) atoms. The minimum Gasteiger partial charge on any atom is -0.507 e. The van der Waals surface area contributed by atoms with Crippen molar-refractivity contribution in [3.63, 3.8) is 0 Å². The standard InChI is InChI=1S/C20H36N2O5/c1-2-3-4-5-6-7-8-15-9-16(11-21-13-18(23)24)20(27)17(10-15)12-22-14-19(25)26/h9-10,18-19,21-27H,2-8,11-14H2,1H3. The first-order valence-corrected chi connectivity index (χ1v) is 9.91. The Morgan fingerprint density at radius 1 is 0.778 bits per heavy atom. The number of unbranched alkanes of at least 4 members (excludes halogenated alkanes) is 5. The van der Waals surface area contributed by atoms with Crippen molar-refractivity contribution in [1.82, 2.24) is 10.6 Å². The summed E-state index contributed by atoms with van der Waals surface area (Å²) in [4.78, 5) is 0. The van der Waals surface area contributed by atoms with E-state index in [0.717, 1.165) is 18.4 Å². The third-order valence-electron chi connectivity index (χ3n) is 4.43. The van der Waals surface area contributed by atoms with E-state index in [2.05, 4.69) is 17.6 Å². The average molecular weight is 385 g/mol. The number of hydrogen-bond acceptors (Lipinski definition) is 7. The van der Waals surface area contributed by atoms with E-state index in [1.165, 1.54) is 32.1 Å². The zero-order valence-corrected chi connectivity index (χ0v) is 16.3. The van der Waals surface area contributed by atoms with E-state index >= 15 is 0 Å². The molecule has 0 saturated heterocycles. The number of aliphatic hydroxyl groups is 4. The molecule has 0 radical (unpaired) electrons. The summed E-state index contributed by atoms with van der Waals surface area (Å²) in [5, 5.41) is 52.1. The van der Waals surface area contributed by atoms with Crippen LogP contribution in [0, 0.1) is 0 Å². The van der Waals surface area contributed by atoms with Gasteiger partial charge in [-0.1, -0.05) is 51.2 Å². The highest BCUT2D eigenvalue weighted by atomic mass is 16.5. The Balaban J connectivity index is 2.71. The zero-order valence-electron chi connectivity index (χ0n) is 16.3. The molecule has 1 aromatic rings. The van der Waals surface area contributed by atoms with Gasteiger partial charge in [0.05, 0.1) is 0 Å². The molecule has 0 aliphatic carbocycles. The van der Waals surface area contributed by atoms with Crippen molar-refractivity contribution in [1.29, 1.82) is 0 Å². The van der Waals surface area contributed by atoms with Crippen molar-refractivity contribution in [2.24, 2.45) is 0 Å². The van der Waals surface area contributed by atoms with Crippen LogP contribution < -0.4 is 10.6 Å². The first-order chi connectivity index (χ1) is 12.9. The Kier molecular flexibility index (Phi) is 12.2. The molecule has 0 unspecified atom stereocenters. The number of nitrogens with one attached hydrogen (secondary N) is 2. The minimum atomic E-state index is -1.44. The van der Waals surface area contributed by atoms with Crippen LogP contribution in [0.5, 0.6) is 5.75 Å². The number of aryl methyl sites for hydroxylation is 1. The summed E-state index contributed by atoms with van der Waals surface area (Å²) < 4.78 is 0. The van der Waals surface area contributed by atoms with Crippen LogP contribution in [0.1, 0.15) is 62.1 Å². The lowest BCUT2D eigenvalue weighted by Gasteiger charge is -2.15. The van der Waals surface area contributed by atoms with Crippen molar-refractivity contribution < 1.29 is 25.5 Å². The molecule has 0 heterocycles. The molecule has 7 heteroatoms. The molecule has 0 fully saturated rings. The van der Waals surface area contributed by atoms with Crippen LogP contribution in [0.4, 0.5) is 0 Å². The van der Waals surface area contributed by atoms with Crippen LogP contribution in [0.2, 0.25) is 0 Å². The Bertz CT molecular complexity index is 488. The van der Waals surface area contributed by atoms with E-state index in [1.807, 2.05) is 12.1 Å². The van der Waals surface area contributed by atoms with Crippen molar-refractivity contribution in [2.75, 3.05) is 13.1 Å². The van der Waals surface area contributed by atoms with Crippen LogP contribution >= 0.6 is 0 Å². The van der Waals surface area contributed by atoms with Crippen LogP contribution in [0.25, 0.3) is 0 Å². The van der Waals surface area contributed by atoms with Gasteiger partial charge in [-0.2, -0.15) is 0 Å². The molecule has 0 spiro atoms. The van der Waals surface area contributed by atoms with Gasteiger partial charge in [0.2, 0.25) is 0 Å². The molecular weight excluding hydrogens is 348 g/mol. The topological polar surface area (TPSA) is 125 Å². The van der Waals surface area contributed by atoms with Gasteiger partial charge in [-0.25, -0.2) is 0 Å². The van der Waals surface area contributed by atoms with Gasteiger partial charge in [-0.05, 0) is 18.4 Å². The highest BCUT2D eigenvalue weighted by molar-refractivity contribution is 5.44. The maximum atomic E-state index is 10.5. The average Bonchev–Trinajstić information content (AvgIpc) is 2.60. The largest absolute Gasteiger partial charge is 0.507 e. The van der Waals surface area contributed by atoms with Crippen LogP contribution in [0.15, 0.2) is 12.1 Å². The Morgan fingerprint density at radius 3 is 1.74 bits per heavy atom. The molecule has 156 valence electrons. The molecule has 7 N–H and O–H groups in total. The van der Waals surface area contributed by atoms with E-state index in [9.17, 15) is 5.11 Å². The lowest BCUT2D eigenvalue weighted by atomic mass is 9.99. The zero-order chi connectivity index (χ0) is 20.1. The van der Waals surface area contributed by atoms with Crippen molar-refractivity contribution in [3.8, 4) is 5.75 Å². The molecule has 0 aromatic heterocycles. The van der Waals surface area contributed by atoms with Gasteiger partial charge in [-0.3, -0.25) is 0 Å². The molecule has 0 bridgehead atoms. The third-order valence-corrected chi connectivity index (χ3v) is 4.43. The monoisotopic (exact) mass is 384 g/mol. The molecular formula is C20H36N2O5. The molecule has 7 nitrogen and oxygen atoms in total. The second-order valence-electron chi connectivity index (χ2n) is 7.00. The number of hydrogen-bond donors (Lipinski definition) is 7. The number of aliphatic hydroxyl groups excluding tert-OH is 2. The molecule has 0 amide bonds. The van der Waals surface area contributed by atoms with Gasteiger partial charge in [0, 0.05) is 37.3 Å². The predicted octanol–water partition coefficient (Wildman–Crippen LogP) is 1.10. The van der Waals surface area contributed by atoms with Crippen LogP contribution in [-0.4, -0.2) is 51.2 Å². The van der Waals surface area contributed by atoms with Crippen molar-refractivity contribution in [2.45, 2.75) is 77.5 Å². The van der Waals surface area contributed by atoms with Gasteiger partial charge in [0.1, 0.15) is 5.75 Å². The quantitative estimate of drug-likeness (QED) is 0.178. The summed E-state index contributed by atoms with van der Waals surface area (Å²) in [6, 6.07) is 3.89. The van der Waals surface area contributed by atoms with Crippen molar-refractivity contribution in [3.05, 3.63) is 28.8 Å². The van der Waals surface area contributed by atoms with Crippen molar-refractivity contribution >= 4 is 0 Å². The van der Waals surface area contributed by atoms with E-state index in [1.54, 1.807) is 0 Å². The smallest absolute Gasteiger partial charge is 0.164 e. The second-order valence-corrected chi connectivity index (χ2v) is 7.00. The maximum absolute atomic E-state index is 10.5. The summed E-state index contributed by atoms with van der Waals surface area (Å²) in [6.45, 7) is 2.89. The normalized spacial score (nSPS) is 11.7. The number of aromatic hydroxyl groups is 1. The van der Waals surface area contributed by atoms with E-state index in [-0.39, 0.29) is 18.8 Å². The summed E-state index contributed by atoms with van der Waals surface area (Å²) in [5.41, 5.74) is 2.51. The van der Waals surface area contributed by atoms with Gasteiger partial charge < -0.3 is 36.2 Å². The highest BCUT2D eigenvalue weighted by Crippen LogP contribution is 2.26. The fourth-order valence-corrected chi connectivity index (χ4v) is 3.03. The van der Waals surface area contributed by atoms with Gasteiger partial charge >= 0.3 is 0 Å². The molecule has 0 saturated carbocycles. The Labute approximate surface area is 162 Å². The molecule has 0 atom stereocenters. The SMILES string of the molecule is CCCCCCCCc1cc(CNCC(O)O)c(O)c(CNCC(O)O)c1. The number of phenols is 1. The number of phenolic OH excluding ortho intramolecular Hbond substituents is 1. The fourth-order valence-electron chi connectivity index (χ4n) is 3.03. The summed E-state index contributed by atoms with van der Waals surface area (Å²) in [6.07, 6.45) is 5.30. The molecule has 0 aliphatic rings. The molecule has 1 aromatic carbocycles. The summed E-state index contributed by atoms with van der Waals surface area (Å²) in [5.74, 6) is 0.140. The lowest BCUT2D eigenvalue weighted by molar-refractivity contribution is -0.0379. The molecule has 1 rings (SSSR count). The molecule has 0 aliphatic heterocycles.